The van der Waals surface area contributed by atoms with Crippen LogP contribution in [0.5, 0.6) is 5.75 Å². The largest absolute Gasteiger partial charge is 0.462 e. The second-order valence-electron chi connectivity index (χ2n) is 6.78. The number of para-hydroxylation sites is 1. The van der Waals surface area contributed by atoms with Gasteiger partial charge in [0.2, 0.25) is 5.88 Å². The fourth-order valence-electron chi connectivity index (χ4n) is 3.57. The number of halogens is 3. The zero-order chi connectivity index (χ0) is 22.3. The molecule has 0 unspecified atom stereocenters. The zero-order valence-corrected chi connectivity index (χ0v) is 16.2. The lowest BCUT2D eigenvalue weighted by Gasteiger charge is -2.28. The Bertz CT molecular complexity index is 1260. The lowest BCUT2D eigenvalue weighted by Crippen LogP contribution is -2.31. The van der Waals surface area contributed by atoms with E-state index in [9.17, 15) is 22.8 Å². The normalized spacial score (nSPS) is 16.1. The van der Waals surface area contributed by atoms with E-state index in [-0.39, 0.29) is 40.5 Å². The van der Waals surface area contributed by atoms with Crippen molar-refractivity contribution >= 4 is 16.9 Å². The van der Waals surface area contributed by atoms with Gasteiger partial charge in [-0.05, 0) is 36.8 Å². The molecule has 0 aliphatic carbocycles. The highest BCUT2D eigenvalue weighted by atomic mass is 19.4. The van der Waals surface area contributed by atoms with Crippen LogP contribution in [0.4, 0.5) is 13.2 Å². The molecule has 1 aromatic heterocycles. The minimum Gasteiger partial charge on any atom is -0.462 e. The summed E-state index contributed by atoms with van der Waals surface area (Å²) in [6.07, 6.45) is -4.54. The van der Waals surface area contributed by atoms with E-state index >= 15 is 0 Å². The summed E-state index contributed by atoms with van der Waals surface area (Å²) in [6.45, 7) is 1.61. The van der Waals surface area contributed by atoms with Crippen LogP contribution >= 0.6 is 0 Å². The van der Waals surface area contributed by atoms with Gasteiger partial charge in [0.1, 0.15) is 11.2 Å². The molecule has 2 heterocycles. The Morgan fingerprint density at radius 3 is 2.45 bits per heavy atom. The molecule has 1 aliphatic heterocycles. The van der Waals surface area contributed by atoms with Gasteiger partial charge < -0.3 is 19.6 Å². The van der Waals surface area contributed by atoms with Gasteiger partial charge in [0.05, 0.1) is 29.0 Å². The van der Waals surface area contributed by atoms with Crippen LogP contribution in [0, 0.1) is 0 Å². The molecule has 2 aromatic carbocycles. The maximum atomic E-state index is 13.0. The van der Waals surface area contributed by atoms with Crippen LogP contribution in [0.3, 0.4) is 0 Å². The summed E-state index contributed by atoms with van der Waals surface area (Å²) < 4.78 is 55.1. The summed E-state index contributed by atoms with van der Waals surface area (Å²) in [5.74, 6) is -2.19. The SMILES string of the molecule is CCOC(=O)C1=C(N)Oc2c(c(=O)oc3ccccc23)[C@@H]1c1ccc(C(F)(F)F)cc1. The van der Waals surface area contributed by atoms with Crippen molar-refractivity contribution in [1.29, 1.82) is 0 Å². The maximum Gasteiger partial charge on any atom is 0.416 e. The van der Waals surface area contributed by atoms with Gasteiger partial charge in [-0.25, -0.2) is 9.59 Å². The number of benzene rings is 2. The molecule has 0 saturated carbocycles. The molecule has 4 rings (SSSR count). The van der Waals surface area contributed by atoms with Crippen LogP contribution in [0.2, 0.25) is 0 Å². The molecule has 2 N–H and O–H groups in total. The fraction of sp³-hybridized carbons (Fsp3) is 0.182. The first-order valence-electron chi connectivity index (χ1n) is 9.30. The van der Waals surface area contributed by atoms with Gasteiger partial charge in [0, 0.05) is 0 Å². The van der Waals surface area contributed by atoms with Crippen LogP contribution in [0.1, 0.15) is 29.5 Å². The minimum absolute atomic E-state index is 0.0224. The zero-order valence-electron chi connectivity index (χ0n) is 16.2. The highest BCUT2D eigenvalue weighted by Crippen LogP contribution is 2.44. The summed E-state index contributed by atoms with van der Waals surface area (Å²) >= 11 is 0. The second-order valence-corrected chi connectivity index (χ2v) is 6.78. The third-order valence-electron chi connectivity index (χ3n) is 4.92. The predicted molar refractivity (Wildman–Crippen MR) is 104 cm³/mol. The van der Waals surface area contributed by atoms with Crippen molar-refractivity contribution in [2.75, 3.05) is 6.61 Å². The standard InChI is InChI=1S/C22H16F3NO5/c1-2-29-20(27)17-15(11-7-9-12(10-8-11)22(23,24)25)16-18(31-19(17)26)13-5-3-4-6-14(13)30-21(16)28/h3-10,15H,2,26H2,1H3/t15-/m0/s1. The molecule has 0 fully saturated rings. The van der Waals surface area contributed by atoms with E-state index in [1.807, 2.05) is 0 Å². The number of hydrogen-bond acceptors (Lipinski definition) is 6. The molecule has 0 amide bonds. The van der Waals surface area contributed by atoms with Crippen molar-refractivity contribution in [3.05, 3.63) is 87.1 Å². The van der Waals surface area contributed by atoms with E-state index in [1.165, 1.54) is 12.1 Å². The highest BCUT2D eigenvalue weighted by Gasteiger charge is 2.40. The second kappa shape index (κ2) is 7.50. The lowest BCUT2D eigenvalue weighted by atomic mass is 9.83. The third kappa shape index (κ3) is 3.52. The van der Waals surface area contributed by atoms with Gasteiger partial charge >= 0.3 is 17.8 Å². The molecule has 0 saturated heterocycles. The van der Waals surface area contributed by atoms with Crippen LogP contribution in [-0.4, -0.2) is 12.6 Å². The molecule has 0 radical (unpaired) electrons. The van der Waals surface area contributed by atoms with Crippen molar-refractivity contribution in [3.8, 4) is 5.75 Å². The van der Waals surface area contributed by atoms with Crippen LogP contribution < -0.4 is 16.1 Å². The smallest absolute Gasteiger partial charge is 0.416 e. The van der Waals surface area contributed by atoms with E-state index in [1.54, 1.807) is 31.2 Å². The van der Waals surface area contributed by atoms with E-state index in [0.29, 0.717) is 5.39 Å². The van der Waals surface area contributed by atoms with Crippen LogP contribution in [0.15, 0.2) is 69.2 Å². The maximum absolute atomic E-state index is 13.0. The Hall–Kier alpha value is -3.75. The number of carbonyl (C=O) groups excluding carboxylic acids is 1. The van der Waals surface area contributed by atoms with Crippen LogP contribution in [0.25, 0.3) is 11.0 Å². The fourth-order valence-corrected chi connectivity index (χ4v) is 3.57. The van der Waals surface area contributed by atoms with E-state index in [0.717, 1.165) is 12.1 Å². The Morgan fingerprint density at radius 2 is 1.81 bits per heavy atom. The molecule has 9 heteroatoms. The quantitative estimate of drug-likeness (QED) is 0.497. The summed E-state index contributed by atoms with van der Waals surface area (Å²) in [5, 5.41) is 0.430. The summed E-state index contributed by atoms with van der Waals surface area (Å²) in [7, 11) is 0. The number of esters is 1. The number of nitrogens with two attached hydrogens (primary N) is 1. The summed E-state index contributed by atoms with van der Waals surface area (Å²) in [5.41, 5.74) is 4.61. The molecule has 1 aliphatic rings. The monoisotopic (exact) mass is 431 g/mol. The predicted octanol–water partition coefficient (Wildman–Crippen LogP) is 4.07. The number of carbonyl (C=O) groups is 1. The van der Waals surface area contributed by atoms with Gasteiger partial charge in [-0.3, -0.25) is 0 Å². The van der Waals surface area contributed by atoms with Crippen LogP contribution in [-0.2, 0) is 15.7 Å². The van der Waals surface area contributed by atoms with E-state index in [2.05, 4.69) is 0 Å². The van der Waals surface area contributed by atoms with Crippen molar-refractivity contribution < 1.29 is 31.9 Å². The third-order valence-corrected chi connectivity index (χ3v) is 4.92. The first kappa shape index (κ1) is 20.5. The van der Waals surface area contributed by atoms with Crippen molar-refractivity contribution in [2.24, 2.45) is 5.73 Å². The van der Waals surface area contributed by atoms with E-state index in [4.69, 9.17) is 19.6 Å². The average Bonchev–Trinajstić information content (AvgIpc) is 2.72. The number of fused-ring (bicyclic) bond motifs is 3. The molecule has 0 bridgehead atoms. The number of rotatable bonds is 3. The van der Waals surface area contributed by atoms with Gasteiger partial charge in [0.25, 0.3) is 0 Å². The van der Waals surface area contributed by atoms with Crippen molar-refractivity contribution in [1.82, 2.24) is 0 Å². The Kier molecular flexibility index (Phi) is 4.96. The topological polar surface area (TPSA) is 91.8 Å². The Labute approximate surface area is 173 Å². The molecule has 6 nitrogen and oxygen atoms in total. The Morgan fingerprint density at radius 1 is 1.13 bits per heavy atom. The average molecular weight is 431 g/mol. The number of hydrogen-bond donors (Lipinski definition) is 1. The van der Waals surface area contributed by atoms with Gasteiger partial charge in [-0.2, -0.15) is 13.2 Å². The molecule has 3 aromatic rings. The molecular weight excluding hydrogens is 415 g/mol. The first-order valence-corrected chi connectivity index (χ1v) is 9.30. The van der Waals surface area contributed by atoms with Gasteiger partial charge in [-0.1, -0.05) is 24.3 Å². The highest BCUT2D eigenvalue weighted by molar-refractivity contribution is 5.94. The summed E-state index contributed by atoms with van der Waals surface area (Å²) in [6, 6.07) is 10.7. The van der Waals surface area contributed by atoms with Crippen molar-refractivity contribution in [3.63, 3.8) is 0 Å². The molecular formula is C22H16F3NO5. The van der Waals surface area contributed by atoms with E-state index < -0.39 is 29.3 Å². The molecule has 31 heavy (non-hydrogen) atoms. The lowest BCUT2D eigenvalue weighted by molar-refractivity contribution is -0.139. The molecule has 0 spiro atoms. The molecule has 1 atom stereocenters. The summed E-state index contributed by atoms with van der Waals surface area (Å²) in [4.78, 5) is 25.5. The minimum atomic E-state index is -4.54. The number of alkyl halides is 3. The molecule has 160 valence electrons. The Balaban J connectivity index is 1.98. The van der Waals surface area contributed by atoms with Gasteiger partial charge in [0.15, 0.2) is 5.75 Å². The first-order chi connectivity index (χ1) is 14.7. The van der Waals surface area contributed by atoms with Gasteiger partial charge in [-0.15, -0.1) is 0 Å². The van der Waals surface area contributed by atoms with Crippen molar-refractivity contribution in [2.45, 2.75) is 19.0 Å². The number of ether oxygens (including phenoxy) is 2.